The summed E-state index contributed by atoms with van der Waals surface area (Å²) in [7, 11) is 0. The molecule has 0 saturated carbocycles. The van der Waals surface area contributed by atoms with Crippen molar-refractivity contribution in [1.29, 1.82) is 0 Å². The number of halogens is 2. The summed E-state index contributed by atoms with van der Waals surface area (Å²) in [5.74, 6) is 0. The molecule has 56 heavy (non-hydrogen) atoms. The second kappa shape index (κ2) is 21.7. The molecule has 0 aliphatic heterocycles. The molecule has 0 fully saturated rings. The van der Waals surface area contributed by atoms with Crippen LogP contribution in [-0.2, 0) is 45.0 Å². The van der Waals surface area contributed by atoms with Crippen molar-refractivity contribution in [1.82, 2.24) is 0 Å². The summed E-state index contributed by atoms with van der Waals surface area (Å²) in [4.78, 5) is 0. The van der Waals surface area contributed by atoms with Crippen molar-refractivity contribution in [3.8, 4) is 22.3 Å². The van der Waals surface area contributed by atoms with Crippen molar-refractivity contribution in [2.24, 2.45) is 0 Å². The standard InChI is InChI=1S/2C24H29.C3H7.CH3.2ClH.Si.Zr/c2*1-16-21(24(5,6)7)15-18-9-8-10-20(22(16)18)17-11-13-19(14-12-17)23(2,3)4;1-3-2;;;;;/h2*8-15H,1-7H3;1,3H2,2H3;1H3;2*1H;;/q4*-1;;;;. The minimum atomic E-state index is 0. The van der Waals surface area contributed by atoms with Crippen LogP contribution in [0.3, 0.4) is 0 Å². The van der Waals surface area contributed by atoms with Crippen LogP contribution in [0.1, 0.15) is 130 Å². The first-order valence-corrected chi connectivity index (χ1v) is 23.4. The van der Waals surface area contributed by atoms with Crippen molar-refractivity contribution < 1.29 is 23.3 Å². The Morgan fingerprint density at radius 2 is 0.768 bits per heavy atom. The molecule has 0 aliphatic rings. The van der Waals surface area contributed by atoms with E-state index in [1.807, 2.05) is 6.92 Å². The monoisotopic (exact) mass is 882 g/mol. The molecule has 0 aliphatic carbocycles. The zero-order valence-electron chi connectivity index (χ0n) is 37.5. The predicted octanol–water partition coefficient (Wildman–Crippen LogP) is 16.4. The molecule has 4 heteroatoms. The van der Waals surface area contributed by atoms with Gasteiger partial charge in [0.25, 0.3) is 0 Å². The second-order valence-corrected chi connectivity index (χ2v) is 18.6. The van der Waals surface area contributed by atoms with E-state index in [4.69, 9.17) is 0 Å². The first kappa shape index (κ1) is 53.8. The summed E-state index contributed by atoms with van der Waals surface area (Å²) in [6, 6.07) is 36.3. The van der Waals surface area contributed by atoms with Gasteiger partial charge >= 0.3 is 30.2 Å². The van der Waals surface area contributed by atoms with E-state index >= 15 is 0 Å². The summed E-state index contributed by atoms with van der Waals surface area (Å²) in [5.41, 5.74) is 14.6. The van der Waals surface area contributed by atoms with Crippen LogP contribution >= 0.6 is 24.8 Å². The molecule has 0 nitrogen and oxygen atoms in total. The summed E-state index contributed by atoms with van der Waals surface area (Å²) in [6.07, 6.45) is 1.00. The average Bonchev–Trinajstić information content (AvgIpc) is 3.63. The maximum atomic E-state index is 3.49. The second-order valence-electron chi connectivity index (χ2n) is 18.6. The quantitative estimate of drug-likeness (QED) is 0.120. The molecule has 0 saturated heterocycles. The van der Waals surface area contributed by atoms with Crippen LogP contribution in [0.2, 0.25) is 0 Å². The molecule has 6 aromatic rings. The van der Waals surface area contributed by atoms with Gasteiger partial charge < -0.3 is 14.4 Å². The van der Waals surface area contributed by atoms with Crippen molar-refractivity contribution in [3.63, 3.8) is 0 Å². The van der Waals surface area contributed by atoms with Crippen molar-refractivity contribution in [2.75, 3.05) is 0 Å². The van der Waals surface area contributed by atoms with Gasteiger partial charge in [-0.25, -0.2) is 0 Å². The Morgan fingerprint density at radius 1 is 0.500 bits per heavy atom. The van der Waals surface area contributed by atoms with E-state index in [0.29, 0.717) is 0 Å². The van der Waals surface area contributed by atoms with Crippen LogP contribution in [0.15, 0.2) is 97.1 Å². The van der Waals surface area contributed by atoms with E-state index in [0.717, 1.165) is 6.42 Å². The number of fused-ring (bicyclic) bond motifs is 2. The van der Waals surface area contributed by atoms with Crippen molar-refractivity contribution in [3.05, 3.63) is 145 Å². The Bertz CT molecular complexity index is 1930. The van der Waals surface area contributed by atoms with Gasteiger partial charge in [-0.3, -0.25) is 0 Å². The van der Waals surface area contributed by atoms with E-state index in [1.165, 1.54) is 101 Å². The topological polar surface area (TPSA) is 0 Å². The SMILES string of the molecule is Cc1c(C(C)(C)C)[cH-]c2cccc(-c3ccc(C(C)(C)C)cc3)c12.Cc1c(C(C)(C)C)[cH-]c2cccc(-c3ccc(C(C)(C)C)cc3)c12.Cl.Cl.[CH2-]CC.[CH3-].[Si]=[Zr]. The Kier molecular flexibility index (Phi) is 20.8. The van der Waals surface area contributed by atoms with Gasteiger partial charge in [-0.05, 0) is 43.9 Å². The summed E-state index contributed by atoms with van der Waals surface area (Å²) >= 11 is 1.36. The number of aryl methyl sites for hydroxylation is 2. The average molecular weight is 885 g/mol. The zero-order valence-corrected chi connectivity index (χ0v) is 42.6. The number of hydrogen-bond acceptors (Lipinski definition) is 0. The fourth-order valence-electron chi connectivity index (χ4n) is 7.35. The van der Waals surface area contributed by atoms with Gasteiger partial charge in [-0.1, -0.05) is 176 Å². The molecule has 0 heterocycles. The van der Waals surface area contributed by atoms with Gasteiger partial charge in [0, 0.05) is 0 Å². The van der Waals surface area contributed by atoms with Gasteiger partial charge in [0.2, 0.25) is 0 Å². The van der Waals surface area contributed by atoms with Crippen LogP contribution in [0.25, 0.3) is 43.8 Å². The van der Waals surface area contributed by atoms with E-state index in [9.17, 15) is 0 Å². The van der Waals surface area contributed by atoms with Gasteiger partial charge in [-0.15, -0.1) is 93.9 Å². The van der Waals surface area contributed by atoms with E-state index < -0.39 is 0 Å². The van der Waals surface area contributed by atoms with Gasteiger partial charge in [0.15, 0.2) is 0 Å². The minimum absolute atomic E-state index is 0. The van der Waals surface area contributed by atoms with E-state index in [-0.39, 0.29) is 53.9 Å². The summed E-state index contributed by atoms with van der Waals surface area (Å²) in [6.45, 7) is 40.5. The Hall–Kier alpha value is -2.22. The van der Waals surface area contributed by atoms with Crippen molar-refractivity contribution >= 4 is 53.2 Å². The molecule has 6 aromatic carbocycles. The van der Waals surface area contributed by atoms with Crippen LogP contribution in [0.4, 0.5) is 0 Å². The van der Waals surface area contributed by atoms with Crippen LogP contribution in [0, 0.1) is 28.2 Å². The molecule has 0 aromatic heterocycles. The fourth-order valence-corrected chi connectivity index (χ4v) is 7.35. The third kappa shape index (κ3) is 12.9. The predicted molar refractivity (Wildman–Crippen MR) is 257 cm³/mol. The fraction of sp³-hybridized carbons (Fsp3) is 0.385. The number of hydrogen-bond donors (Lipinski definition) is 0. The molecule has 0 amide bonds. The van der Waals surface area contributed by atoms with Gasteiger partial charge in [0.05, 0.1) is 0 Å². The molecule has 0 N–H and O–H groups in total. The first-order valence-electron chi connectivity index (χ1n) is 19.2. The molecule has 0 atom stereocenters. The Morgan fingerprint density at radius 3 is 1.00 bits per heavy atom. The molecule has 304 valence electrons. The third-order valence-corrected chi connectivity index (χ3v) is 10.1. The van der Waals surface area contributed by atoms with Crippen LogP contribution in [0.5, 0.6) is 0 Å². The van der Waals surface area contributed by atoms with Gasteiger partial charge in [-0.2, -0.15) is 17.5 Å². The first-order chi connectivity index (χ1) is 24.6. The summed E-state index contributed by atoms with van der Waals surface area (Å²) < 4.78 is 0. The summed E-state index contributed by atoms with van der Waals surface area (Å²) in [5, 5.41) is 5.53. The Balaban J connectivity index is 0.000000925. The molecule has 6 rings (SSSR count). The third-order valence-electron chi connectivity index (χ3n) is 10.1. The maximum absolute atomic E-state index is 3.49. The molecule has 0 bridgehead atoms. The molecular weight excluding hydrogens is 815 g/mol. The van der Waals surface area contributed by atoms with E-state index in [2.05, 4.69) is 208 Å². The van der Waals surface area contributed by atoms with Crippen molar-refractivity contribution in [2.45, 2.75) is 132 Å². The number of rotatable bonds is 2. The van der Waals surface area contributed by atoms with Crippen LogP contribution in [-0.4, -0.2) is 6.88 Å². The normalized spacial score (nSPS) is 11.3. The van der Waals surface area contributed by atoms with Gasteiger partial charge in [0.1, 0.15) is 0 Å². The molecule has 0 unspecified atom stereocenters. The number of benzene rings is 4. The molecular formula is C52H70Cl2SiZr-4. The Labute approximate surface area is 372 Å². The van der Waals surface area contributed by atoms with Crippen LogP contribution < -0.4 is 0 Å². The molecule has 0 spiro atoms. The van der Waals surface area contributed by atoms with E-state index in [1.54, 1.807) is 0 Å². The molecule has 2 radical (unpaired) electrons. The zero-order chi connectivity index (χ0) is 40.1.